The van der Waals surface area contributed by atoms with Gasteiger partial charge in [-0.05, 0) is 59.6 Å². The molecule has 5 amide bonds. The SMILES string of the molecule is CSCC[C@H](NC=O)C(=O)N[C@@H](CC(C)C)C(=O)N[C@@H](Cc1ccccc1)C(=O)NC(Cc1ccccc1)C(=O)NC(Cc1ccc(O)cc1)C(=O)O. The molecule has 0 radical (unpaired) electrons. The number of thioether (sulfide) groups is 1. The summed E-state index contributed by atoms with van der Waals surface area (Å²) in [4.78, 5) is 78.5. The summed E-state index contributed by atoms with van der Waals surface area (Å²) in [6, 6.07) is 18.1. The third kappa shape index (κ3) is 14.6. The van der Waals surface area contributed by atoms with Crippen molar-refractivity contribution in [2.24, 2.45) is 5.92 Å². The number of carboxylic acids is 1. The normalized spacial score (nSPS) is 13.7. The maximum Gasteiger partial charge on any atom is 0.326 e. The second-order valence-electron chi connectivity index (χ2n) is 13.1. The van der Waals surface area contributed by atoms with Gasteiger partial charge in [0.05, 0.1) is 0 Å². The lowest BCUT2D eigenvalue weighted by atomic mass is 9.99. The lowest BCUT2D eigenvalue weighted by Crippen LogP contribution is -2.59. The molecule has 13 nitrogen and oxygen atoms in total. The number of phenols is 1. The molecule has 3 aromatic carbocycles. The first-order chi connectivity index (χ1) is 25.4. The second kappa shape index (κ2) is 21.9. The summed E-state index contributed by atoms with van der Waals surface area (Å²) >= 11 is 1.51. The molecule has 284 valence electrons. The first-order valence-electron chi connectivity index (χ1n) is 17.4. The molecule has 0 aliphatic heterocycles. The van der Waals surface area contributed by atoms with Crippen LogP contribution in [0.4, 0.5) is 0 Å². The highest BCUT2D eigenvalue weighted by Gasteiger charge is 2.33. The molecule has 0 saturated carbocycles. The number of hydrogen-bond donors (Lipinski definition) is 7. The fourth-order valence-corrected chi connectivity index (χ4v) is 6.06. The van der Waals surface area contributed by atoms with Gasteiger partial charge in [0, 0.05) is 19.3 Å². The molecule has 0 aliphatic carbocycles. The van der Waals surface area contributed by atoms with Crippen LogP contribution in [0.2, 0.25) is 0 Å². The highest BCUT2D eigenvalue weighted by molar-refractivity contribution is 7.98. The topological polar surface area (TPSA) is 203 Å². The Morgan fingerprint density at radius 3 is 1.49 bits per heavy atom. The third-order valence-corrected chi connectivity index (χ3v) is 9.00. The summed E-state index contributed by atoms with van der Waals surface area (Å²) in [5, 5.41) is 33.0. The van der Waals surface area contributed by atoms with Crippen LogP contribution in [0.15, 0.2) is 84.9 Å². The maximum absolute atomic E-state index is 14.1. The molecule has 0 spiro atoms. The minimum Gasteiger partial charge on any atom is -0.508 e. The molecule has 5 atom stereocenters. The monoisotopic (exact) mass is 747 g/mol. The maximum atomic E-state index is 14.1. The Bertz CT molecular complexity index is 1640. The highest BCUT2D eigenvalue weighted by atomic mass is 32.2. The van der Waals surface area contributed by atoms with Gasteiger partial charge in [-0.3, -0.25) is 24.0 Å². The van der Waals surface area contributed by atoms with Crippen molar-refractivity contribution in [3.05, 3.63) is 102 Å². The number of rotatable bonds is 22. The van der Waals surface area contributed by atoms with Gasteiger partial charge in [-0.2, -0.15) is 11.8 Å². The van der Waals surface area contributed by atoms with E-state index in [2.05, 4.69) is 26.6 Å². The molecule has 0 fully saturated rings. The van der Waals surface area contributed by atoms with Crippen LogP contribution in [0.5, 0.6) is 5.75 Å². The minimum atomic E-state index is -1.35. The van der Waals surface area contributed by atoms with Crippen molar-refractivity contribution in [2.75, 3.05) is 12.0 Å². The number of aliphatic carboxylic acids is 1. The zero-order valence-electron chi connectivity index (χ0n) is 30.1. The first-order valence-corrected chi connectivity index (χ1v) is 18.8. The quantitative estimate of drug-likeness (QED) is 0.0754. The van der Waals surface area contributed by atoms with Crippen molar-refractivity contribution in [3.63, 3.8) is 0 Å². The predicted molar refractivity (Wildman–Crippen MR) is 203 cm³/mol. The number of carbonyl (C=O) groups excluding carboxylic acids is 5. The Morgan fingerprint density at radius 1 is 0.623 bits per heavy atom. The number of aromatic hydroxyl groups is 1. The average Bonchev–Trinajstić information content (AvgIpc) is 3.13. The number of phenolic OH excluding ortho intramolecular Hbond substituents is 1. The van der Waals surface area contributed by atoms with Gasteiger partial charge in [0.25, 0.3) is 0 Å². The summed E-state index contributed by atoms with van der Waals surface area (Å²) < 4.78 is 0. The van der Waals surface area contributed by atoms with Crippen LogP contribution in [0.25, 0.3) is 0 Å². The van der Waals surface area contributed by atoms with Gasteiger partial charge in [0.1, 0.15) is 36.0 Å². The molecule has 2 unspecified atom stereocenters. The summed E-state index contributed by atoms with van der Waals surface area (Å²) in [6.45, 7) is 3.77. The number of nitrogens with one attached hydrogen (secondary N) is 5. The summed E-state index contributed by atoms with van der Waals surface area (Å²) in [5.41, 5.74) is 1.97. The van der Waals surface area contributed by atoms with E-state index in [1.165, 1.54) is 23.9 Å². The van der Waals surface area contributed by atoms with Crippen LogP contribution in [0.1, 0.15) is 43.4 Å². The van der Waals surface area contributed by atoms with Crippen LogP contribution in [0, 0.1) is 5.92 Å². The van der Waals surface area contributed by atoms with Crippen molar-refractivity contribution >= 4 is 47.8 Å². The molecule has 3 aromatic rings. The van der Waals surface area contributed by atoms with E-state index in [4.69, 9.17) is 0 Å². The number of carbonyl (C=O) groups is 6. The molecule has 0 bridgehead atoms. The van der Waals surface area contributed by atoms with E-state index < -0.39 is 59.8 Å². The van der Waals surface area contributed by atoms with Crippen molar-refractivity contribution < 1.29 is 39.0 Å². The van der Waals surface area contributed by atoms with Crippen molar-refractivity contribution in [3.8, 4) is 5.75 Å². The molecule has 0 heterocycles. The number of carboxylic acid groups (broad SMARTS) is 1. The molecule has 14 heteroatoms. The second-order valence-corrected chi connectivity index (χ2v) is 14.1. The lowest BCUT2D eigenvalue weighted by Gasteiger charge is -2.27. The fourth-order valence-electron chi connectivity index (χ4n) is 5.59. The average molecular weight is 748 g/mol. The van der Waals surface area contributed by atoms with Crippen LogP contribution in [-0.4, -0.2) is 88.4 Å². The molecule has 53 heavy (non-hydrogen) atoms. The summed E-state index contributed by atoms with van der Waals surface area (Å²) in [7, 11) is 0. The van der Waals surface area contributed by atoms with Crippen molar-refractivity contribution in [1.82, 2.24) is 26.6 Å². The Labute approximate surface area is 314 Å². The van der Waals surface area contributed by atoms with E-state index >= 15 is 0 Å². The number of hydrogen-bond acceptors (Lipinski definition) is 8. The van der Waals surface area contributed by atoms with Gasteiger partial charge in [-0.1, -0.05) is 86.6 Å². The van der Waals surface area contributed by atoms with E-state index in [0.717, 1.165) is 0 Å². The van der Waals surface area contributed by atoms with Gasteiger partial charge in [0.2, 0.25) is 30.0 Å². The van der Waals surface area contributed by atoms with Gasteiger partial charge in [-0.25, -0.2) is 4.79 Å². The zero-order valence-corrected chi connectivity index (χ0v) is 30.9. The van der Waals surface area contributed by atoms with Crippen LogP contribution < -0.4 is 26.6 Å². The van der Waals surface area contributed by atoms with Crippen molar-refractivity contribution in [2.45, 2.75) is 76.2 Å². The van der Waals surface area contributed by atoms with E-state index in [9.17, 15) is 39.0 Å². The van der Waals surface area contributed by atoms with Crippen molar-refractivity contribution in [1.29, 1.82) is 0 Å². The Kier molecular flexibility index (Phi) is 17.3. The van der Waals surface area contributed by atoms with E-state index in [1.54, 1.807) is 66.7 Å². The van der Waals surface area contributed by atoms with Crippen LogP contribution in [0.3, 0.4) is 0 Å². The molecular formula is C39H49N5O8S. The molecule has 3 rings (SSSR count). The van der Waals surface area contributed by atoms with E-state index in [-0.39, 0.29) is 37.4 Å². The van der Waals surface area contributed by atoms with E-state index in [1.807, 2.05) is 26.2 Å². The van der Waals surface area contributed by atoms with E-state index in [0.29, 0.717) is 35.3 Å². The van der Waals surface area contributed by atoms with Gasteiger partial charge in [0.15, 0.2) is 0 Å². The summed E-state index contributed by atoms with van der Waals surface area (Å²) in [6.07, 6.45) is 2.89. The lowest BCUT2D eigenvalue weighted by molar-refractivity contribution is -0.142. The van der Waals surface area contributed by atoms with Gasteiger partial charge < -0.3 is 36.8 Å². The highest BCUT2D eigenvalue weighted by Crippen LogP contribution is 2.13. The smallest absolute Gasteiger partial charge is 0.326 e. The Morgan fingerprint density at radius 2 is 1.04 bits per heavy atom. The Balaban J connectivity index is 1.89. The Hall–Kier alpha value is -5.37. The largest absolute Gasteiger partial charge is 0.508 e. The zero-order chi connectivity index (χ0) is 38.8. The molecule has 0 aliphatic rings. The van der Waals surface area contributed by atoms with Crippen LogP contribution in [-0.2, 0) is 48.0 Å². The predicted octanol–water partition coefficient (Wildman–Crippen LogP) is 2.36. The van der Waals surface area contributed by atoms with Gasteiger partial charge >= 0.3 is 5.97 Å². The molecule has 0 saturated heterocycles. The first kappa shape index (κ1) is 42.0. The van der Waals surface area contributed by atoms with Gasteiger partial charge in [-0.15, -0.1) is 0 Å². The minimum absolute atomic E-state index is 0.00983. The number of amides is 5. The van der Waals surface area contributed by atoms with Crippen LogP contribution >= 0.6 is 11.8 Å². The fraction of sp³-hybridized carbons (Fsp3) is 0.385. The molecular weight excluding hydrogens is 699 g/mol. The molecule has 0 aromatic heterocycles. The number of benzene rings is 3. The molecule has 7 N–H and O–H groups in total. The standard InChI is InChI=1S/C39H49N5O8S/c1-25(2)20-31(41-35(47)30(40-24-45)18-19-53-3)36(48)42-32(21-26-10-6-4-7-11-26)37(49)43-33(22-27-12-8-5-9-13-27)38(50)44-34(39(51)52)23-28-14-16-29(46)17-15-28/h4-17,24-25,30-34,46H,18-23H2,1-3H3,(H,40,45)(H,41,47)(H,42,48)(H,43,49)(H,44,50)(H,51,52)/t30-,31-,32-,33?,34?/m0/s1. The third-order valence-electron chi connectivity index (χ3n) is 8.36. The summed E-state index contributed by atoms with van der Waals surface area (Å²) in [5.74, 6) is -3.31.